The van der Waals surface area contributed by atoms with Gasteiger partial charge >= 0.3 is 0 Å². The lowest BCUT2D eigenvalue weighted by Crippen LogP contribution is -2.48. The Hall–Kier alpha value is -1.04. The van der Waals surface area contributed by atoms with Crippen LogP contribution in [0.15, 0.2) is 0 Å². The highest BCUT2D eigenvalue weighted by atomic mass is 16.2. The minimum Gasteiger partial charge on any atom is -0.352 e. The summed E-state index contributed by atoms with van der Waals surface area (Å²) in [6.07, 6.45) is 11.8. The molecule has 1 N–H and O–H groups in total. The Kier molecular flexibility index (Phi) is 5.46. The van der Waals surface area contributed by atoms with Gasteiger partial charge in [-0.15, -0.1) is 0 Å². The van der Waals surface area contributed by atoms with Crippen molar-refractivity contribution >= 4 is 5.91 Å². The zero-order valence-electron chi connectivity index (χ0n) is 12.8. The van der Waals surface area contributed by atoms with Gasteiger partial charge in [-0.3, -0.25) is 4.79 Å². The smallest absolute Gasteiger partial charge is 0.240 e. The molecule has 0 aromatic carbocycles. The molecule has 2 unspecified atom stereocenters. The van der Waals surface area contributed by atoms with Crippen molar-refractivity contribution in [3.63, 3.8) is 0 Å². The molecule has 1 amide bonds. The Morgan fingerprint density at radius 1 is 1.15 bits per heavy atom. The van der Waals surface area contributed by atoms with Crippen molar-refractivity contribution in [2.24, 2.45) is 11.3 Å². The number of nitrogens with one attached hydrogen (secondary N) is 1. The van der Waals surface area contributed by atoms with E-state index in [-0.39, 0.29) is 5.91 Å². The van der Waals surface area contributed by atoms with Crippen LogP contribution < -0.4 is 5.32 Å². The molecular formula is C17H28N2O. The van der Waals surface area contributed by atoms with Crippen LogP contribution in [0.3, 0.4) is 0 Å². The van der Waals surface area contributed by atoms with Crippen molar-refractivity contribution in [2.75, 3.05) is 0 Å². The highest BCUT2D eigenvalue weighted by Crippen LogP contribution is 2.36. The van der Waals surface area contributed by atoms with Crippen LogP contribution >= 0.6 is 0 Å². The zero-order valence-corrected chi connectivity index (χ0v) is 12.8. The topological polar surface area (TPSA) is 52.9 Å². The maximum atomic E-state index is 12.7. The van der Waals surface area contributed by atoms with Gasteiger partial charge in [-0.25, -0.2) is 0 Å². The fourth-order valence-electron chi connectivity index (χ4n) is 3.91. The first-order chi connectivity index (χ1) is 9.72. The number of rotatable bonds is 3. The number of carbonyl (C=O) groups excluding carboxylic acids is 1. The summed E-state index contributed by atoms with van der Waals surface area (Å²) >= 11 is 0. The molecule has 3 nitrogen and oxygen atoms in total. The van der Waals surface area contributed by atoms with Gasteiger partial charge in [-0.2, -0.15) is 5.26 Å². The molecule has 112 valence electrons. The summed E-state index contributed by atoms with van der Waals surface area (Å²) in [5.74, 6) is 0.626. The van der Waals surface area contributed by atoms with Crippen LogP contribution in [0.5, 0.6) is 0 Å². The lowest BCUT2D eigenvalue weighted by atomic mass is 9.78. The Bertz CT molecular complexity index is 364. The third kappa shape index (κ3) is 3.34. The second-order valence-corrected chi connectivity index (χ2v) is 6.64. The first kappa shape index (κ1) is 15.4. The van der Waals surface area contributed by atoms with Gasteiger partial charge in [0, 0.05) is 6.04 Å². The Balaban J connectivity index is 2.03. The molecule has 3 heteroatoms. The van der Waals surface area contributed by atoms with E-state index < -0.39 is 5.41 Å². The van der Waals surface area contributed by atoms with Crippen molar-refractivity contribution in [1.82, 2.24) is 5.32 Å². The molecule has 0 aliphatic heterocycles. The molecule has 0 spiro atoms. The Labute approximate surface area is 123 Å². The third-order valence-electron chi connectivity index (χ3n) is 5.36. The molecule has 2 aliphatic rings. The molecule has 0 radical (unpaired) electrons. The molecule has 0 saturated heterocycles. The molecule has 2 saturated carbocycles. The molecule has 0 aromatic rings. The van der Waals surface area contributed by atoms with E-state index >= 15 is 0 Å². The Morgan fingerprint density at radius 2 is 1.80 bits per heavy atom. The second-order valence-electron chi connectivity index (χ2n) is 6.64. The highest BCUT2D eigenvalue weighted by Gasteiger charge is 2.40. The average Bonchev–Trinajstić information content (AvgIpc) is 2.74. The van der Waals surface area contributed by atoms with Crippen LogP contribution in [0.2, 0.25) is 0 Å². The monoisotopic (exact) mass is 276 g/mol. The van der Waals surface area contributed by atoms with E-state index in [2.05, 4.69) is 18.3 Å². The number of nitrogens with zero attached hydrogens (tertiary/aromatic N) is 1. The van der Waals surface area contributed by atoms with Gasteiger partial charge in [0.2, 0.25) is 5.91 Å². The van der Waals surface area contributed by atoms with E-state index in [0.29, 0.717) is 12.0 Å². The average molecular weight is 276 g/mol. The molecule has 0 aromatic heterocycles. The molecule has 0 heterocycles. The standard InChI is InChI=1S/C17H28N2O/c1-2-14-9-5-6-10-15(14)19-16(20)17(13-18)11-7-3-4-8-12-17/h14-15H,2-12H2,1H3,(H,19,20). The maximum absolute atomic E-state index is 12.7. The SMILES string of the molecule is CCC1CCCCC1NC(=O)C1(C#N)CCCCCC1. The van der Waals surface area contributed by atoms with Crippen LogP contribution in [-0.2, 0) is 4.79 Å². The van der Waals surface area contributed by atoms with Crippen LogP contribution in [0.25, 0.3) is 0 Å². The Morgan fingerprint density at radius 3 is 2.40 bits per heavy atom. The van der Waals surface area contributed by atoms with Crippen molar-refractivity contribution in [3.05, 3.63) is 0 Å². The highest BCUT2D eigenvalue weighted by molar-refractivity contribution is 5.85. The van der Waals surface area contributed by atoms with E-state index in [0.717, 1.165) is 51.4 Å². The van der Waals surface area contributed by atoms with E-state index in [9.17, 15) is 10.1 Å². The van der Waals surface area contributed by atoms with Gasteiger partial charge in [-0.05, 0) is 31.6 Å². The quantitative estimate of drug-likeness (QED) is 0.794. The fraction of sp³-hybridized carbons (Fsp3) is 0.882. The van der Waals surface area contributed by atoms with Crippen molar-refractivity contribution < 1.29 is 4.79 Å². The van der Waals surface area contributed by atoms with E-state index in [1.165, 1.54) is 19.3 Å². The minimum atomic E-state index is -0.744. The molecule has 2 atom stereocenters. The van der Waals surface area contributed by atoms with Gasteiger partial charge < -0.3 is 5.32 Å². The second kappa shape index (κ2) is 7.11. The summed E-state index contributed by atoms with van der Waals surface area (Å²) in [6, 6.07) is 2.67. The van der Waals surface area contributed by atoms with Gasteiger partial charge in [0.1, 0.15) is 5.41 Å². The molecule has 20 heavy (non-hydrogen) atoms. The number of nitriles is 1. The van der Waals surface area contributed by atoms with Crippen LogP contribution in [-0.4, -0.2) is 11.9 Å². The third-order valence-corrected chi connectivity index (χ3v) is 5.36. The molecule has 2 aliphatic carbocycles. The number of hydrogen-bond donors (Lipinski definition) is 1. The molecule has 0 bridgehead atoms. The summed E-state index contributed by atoms with van der Waals surface area (Å²) in [7, 11) is 0. The normalized spacial score (nSPS) is 30.0. The van der Waals surface area contributed by atoms with Gasteiger partial charge in [0.25, 0.3) is 0 Å². The van der Waals surface area contributed by atoms with Crippen molar-refractivity contribution in [2.45, 2.75) is 83.6 Å². The van der Waals surface area contributed by atoms with Crippen LogP contribution in [0.4, 0.5) is 0 Å². The molecular weight excluding hydrogens is 248 g/mol. The first-order valence-corrected chi connectivity index (χ1v) is 8.44. The number of amides is 1. The van der Waals surface area contributed by atoms with Crippen LogP contribution in [0.1, 0.15) is 77.6 Å². The van der Waals surface area contributed by atoms with Gasteiger partial charge in [0.05, 0.1) is 6.07 Å². The van der Waals surface area contributed by atoms with Gasteiger partial charge in [0.15, 0.2) is 0 Å². The largest absolute Gasteiger partial charge is 0.352 e. The molecule has 2 rings (SSSR count). The predicted molar refractivity (Wildman–Crippen MR) is 79.9 cm³/mol. The summed E-state index contributed by atoms with van der Waals surface area (Å²) in [5.41, 5.74) is -0.744. The van der Waals surface area contributed by atoms with Gasteiger partial charge in [-0.1, -0.05) is 51.9 Å². The minimum absolute atomic E-state index is 0.0206. The van der Waals surface area contributed by atoms with E-state index in [4.69, 9.17) is 0 Å². The number of carbonyl (C=O) groups is 1. The summed E-state index contributed by atoms with van der Waals surface area (Å²) in [4.78, 5) is 12.7. The van der Waals surface area contributed by atoms with E-state index in [1.54, 1.807) is 0 Å². The fourth-order valence-corrected chi connectivity index (χ4v) is 3.91. The molecule has 2 fully saturated rings. The maximum Gasteiger partial charge on any atom is 0.240 e. The summed E-state index contributed by atoms with van der Waals surface area (Å²) in [6.45, 7) is 2.21. The van der Waals surface area contributed by atoms with Crippen molar-refractivity contribution in [3.8, 4) is 6.07 Å². The lowest BCUT2D eigenvalue weighted by molar-refractivity contribution is -0.130. The zero-order chi connectivity index (χ0) is 14.4. The first-order valence-electron chi connectivity index (χ1n) is 8.44. The predicted octanol–water partition coefficient (Wildman–Crippen LogP) is 3.94. The van der Waals surface area contributed by atoms with E-state index in [1.807, 2.05) is 0 Å². The lowest BCUT2D eigenvalue weighted by Gasteiger charge is -2.34. The summed E-state index contributed by atoms with van der Waals surface area (Å²) < 4.78 is 0. The van der Waals surface area contributed by atoms with Crippen molar-refractivity contribution in [1.29, 1.82) is 5.26 Å². The number of hydrogen-bond acceptors (Lipinski definition) is 2. The van der Waals surface area contributed by atoms with Crippen LogP contribution in [0, 0.1) is 22.7 Å². The summed E-state index contributed by atoms with van der Waals surface area (Å²) in [5, 5.41) is 12.8.